The van der Waals surface area contributed by atoms with E-state index >= 15 is 0 Å². The van der Waals surface area contributed by atoms with E-state index < -0.39 is 97.5 Å². The van der Waals surface area contributed by atoms with E-state index in [1.54, 1.807) is 0 Å². The van der Waals surface area contributed by atoms with Crippen LogP contribution in [0.2, 0.25) is 0 Å². The Kier molecular flexibility index (Phi) is 62.8. The average molecular weight is 1350 g/mol. The number of hydrogen-bond acceptors (Lipinski definition) is 15. The van der Waals surface area contributed by atoms with Gasteiger partial charge in [-0.2, -0.15) is 0 Å². The van der Waals surface area contributed by atoms with Crippen LogP contribution in [0.4, 0.5) is 0 Å². The highest BCUT2D eigenvalue weighted by atomic mass is 31.2. The van der Waals surface area contributed by atoms with Crippen molar-refractivity contribution in [2.45, 2.75) is 368 Å². The third-order valence-corrected chi connectivity index (χ3v) is 18.2. The van der Waals surface area contributed by atoms with Gasteiger partial charge in [0.1, 0.15) is 19.3 Å². The smallest absolute Gasteiger partial charge is 0.462 e. The normalized spacial score (nSPS) is 14.2. The molecule has 0 heterocycles. The molecule has 0 radical (unpaired) electrons. The second kappa shape index (κ2) is 64.5. The van der Waals surface area contributed by atoms with E-state index in [-0.39, 0.29) is 25.7 Å². The van der Waals surface area contributed by atoms with Gasteiger partial charge in [-0.3, -0.25) is 37.3 Å². The molecule has 5 atom stereocenters. The van der Waals surface area contributed by atoms with Crippen molar-refractivity contribution in [1.29, 1.82) is 0 Å². The van der Waals surface area contributed by atoms with Crippen molar-refractivity contribution in [2.24, 2.45) is 11.8 Å². The number of phosphoric ester groups is 2. The van der Waals surface area contributed by atoms with Crippen molar-refractivity contribution in [3.63, 3.8) is 0 Å². The molecular weight excluding hydrogens is 1210 g/mol. The molecule has 19 heteroatoms. The molecule has 0 aromatic rings. The molecule has 0 fully saturated rings. The van der Waals surface area contributed by atoms with Gasteiger partial charge in [0.15, 0.2) is 12.2 Å². The van der Waals surface area contributed by atoms with Crippen LogP contribution in [-0.4, -0.2) is 96.7 Å². The monoisotopic (exact) mass is 1350 g/mol. The van der Waals surface area contributed by atoms with Crippen molar-refractivity contribution >= 4 is 39.5 Å². The van der Waals surface area contributed by atoms with Gasteiger partial charge >= 0.3 is 39.5 Å². The standard InChI is InChI=1S/C73H138O17P2/c1-7-9-11-13-15-17-19-20-21-22-27-33-39-45-51-57-72(77)89-68(62-84-71(76)56-50-44-38-32-26-24-23-25-29-35-41-47-53-65(3)4)63-87-91(79,80)85-59-67(74)60-86-92(81,82)88-64-69(61-83-70(75)55-49-43-37-31-18-16-14-12-10-8-2)90-73(78)58-52-46-40-34-28-30-36-42-48-54-66(5)6/h17,19-21,65-69,74H,7-16,18,22-64H2,1-6H3,(H,79,80)(H,81,82)/b19-17-,21-20-/t67-,68-,69-/m1/s1. The fourth-order valence-electron chi connectivity index (χ4n) is 10.6. The molecular formula is C73H138O17P2. The Bertz CT molecular complexity index is 1880. The molecule has 0 aromatic carbocycles. The molecule has 0 amide bonds. The van der Waals surface area contributed by atoms with Crippen LogP contribution in [0, 0.1) is 11.8 Å². The van der Waals surface area contributed by atoms with Crippen molar-refractivity contribution in [3.8, 4) is 0 Å². The molecule has 17 nitrogen and oxygen atoms in total. The molecule has 0 aliphatic heterocycles. The van der Waals surface area contributed by atoms with Crippen LogP contribution in [0.25, 0.3) is 0 Å². The summed E-state index contributed by atoms with van der Waals surface area (Å²) in [6, 6.07) is 0. The summed E-state index contributed by atoms with van der Waals surface area (Å²) < 4.78 is 68.3. The Morgan fingerprint density at radius 2 is 0.587 bits per heavy atom. The molecule has 0 saturated carbocycles. The number of hydrogen-bond donors (Lipinski definition) is 3. The molecule has 0 saturated heterocycles. The summed E-state index contributed by atoms with van der Waals surface area (Å²) in [5.74, 6) is -0.636. The highest BCUT2D eigenvalue weighted by molar-refractivity contribution is 7.47. The second-order valence-corrected chi connectivity index (χ2v) is 29.5. The van der Waals surface area contributed by atoms with Crippen molar-refractivity contribution in [1.82, 2.24) is 0 Å². The Hall–Kier alpha value is -2.46. The summed E-state index contributed by atoms with van der Waals surface area (Å²) in [6.07, 6.45) is 53.5. The summed E-state index contributed by atoms with van der Waals surface area (Å²) in [7, 11) is -9.92. The number of phosphoric acid groups is 2. The molecule has 0 spiro atoms. The van der Waals surface area contributed by atoms with Crippen LogP contribution < -0.4 is 0 Å². The van der Waals surface area contributed by atoms with Gasteiger partial charge in [0.2, 0.25) is 0 Å². The number of allylic oxidation sites excluding steroid dienone is 4. The summed E-state index contributed by atoms with van der Waals surface area (Å²) >= 11 is 0. The van der Waals surface area contributed by atoms with Crippen LogP contribution in [-0.2, 0) is 65.4 Å². The molecule has 0 rings (SSSR count). The average Bonchev–Trinajstić information content (AvgIpc) is 1.42. The van der Waals surface area contributed by atoms with Crippen LogP contribution in [0.15, 0.2) is 24.3 Å². The van der Waals surface area contributed by atoms with Gasteiger partial charge in [0.25, 0.3) is 0 Å². The van der Waals surface area contributed by atoms with E-state index in [0.717, 1.165) is 115 Å². The lowest BCUT2D eigenvalue weighted by Gasteiger charge is -2.21. The molecule has 0 aromatic heterocycles. The third kappa shape index (κ3) is 66.2. The van der Waals surface area contributed by atoms with Crippen LogP contribution >= 0.6 is 15.6 Å². The number of unbranched alkanes of at least 4 members (excludes halogenated alkanes) is 37. The van der Waals surface area contributed by atoms with E-state index in [1.807, 2.05) is 0 Å². The quantitative estimate of drug-likeness (QED) is 0.0169. The topological polar surface area (TPSA) is 237 Å². The summed E-state index contributed by atoms with van der Waals surface area (Å²) in [5.41, 5.74) is 0. The zero-order valence-electron chi connectivity index (χ0n) is 59.3. The van der Waals surface area contributed by atoms with Gasteiger partial charge in [-0.15, -0.1) is 0 Å². The molecule has 0 bridgehead atoms. The van der Waals surface area contributed by atoms with Gasteiger partial charge in [0, 0.05) is 25.7 Å². The zero-order chi connectivity index (χ0) is 67.9. The fraction of sp³-hybridized carbons (Fsp3) is 0.890. The highest BCUT2D eigenvalue weighted by Crippen LogP contribution is 2.45. The number of ether oxygens (including phenoxy) is 4. The van der Waals surface area contributed by atoms with Crippen LogP contribution in [0.3, 0.4) is 0 Å². The fourth-order valence-corrected chi connectivity index (χ4v) is 12.2. The first-order chi connectivity index (χ1) is 44.4. The Morgan fingerprint density at radius 3 is 0.891 bits per heavy atom. The number of esters is 4. The predicted octanol–water partition coefficient (Wildman–Crippen LogP) is 20.7. The minimum absolute atomic E-state index is 0.0849. The molecule has 2 unspecified atom stereocenters. The first-order valence-corrected chi connectivity index (χ1v) is 40.3. The van der Waals surface area contributed by atoms with Gasteiger partial charge in [-0.05, 0) is 63.2 Å². The molecule has 0 aliphatic rings. The minimum atomic E-state index is -4.96. The van der Waals surface area contributed by atoms with E-state index in [0.29, 0.717) is 25.7 Å². The number of aliphatic hydroxyl groups excluding tert-OH is 1. The van der Waals surface area contributed by atoms with Gasteiger partial charge in [-0.1, -0.05) is 297 Å². The lowest BCUT2D eigenvalue weighted by molar-refractivity contribution is -0.161. The van der Waals surface area contributed by atoms with Crippen molar-refractivity contribution in [3.05, 3.63) is 24.3 Å². The summed E-state index contributed by atoms with van der Waals surface area (Å²) in [5, 5.41) is 10.6. The Balaban J connectivity index is 5.29. The zero-order valence-corrected chi connectivity index (χ0v) is 61.1. The predicted molar refractivity (Wildman–Crippen MR) is 372 cm³/mol. The number of rotatable bonds is 70. The maximum atomic E-state index is 13.0. The van der Waals surface area contributed by atoms with E-state index in [4.69, 9.17) is 37.0 Å². The van der Waals surface area contributed by atoms with Crippen LogP contribution in [0.5, 0.6) is 0 Å². The lowest BCUT2D eigenvalue weighted by Crippen LogP contribution is -2.30. The largest absolute Gasteiger partial charge is 0.472 e. The summed E-state index contributed by atoms with van der Waals surface area (Å²) in [4.78, 5) is 72.6. The number of carbonyl (C=O) groups is 4. The first kappa shape index (κ1) is 89.5. The van der Waals surface area contributed by atoms with Gasteiger partial charge in [0.05, 0.1) is 26.4 Å². The Morgan fingerprint density at radius 1 is 0.337 bits per heavy atom. The van der Waals surface area contributed by atoms with E-state index in [9.17, 15) is 43.2 Å². The van der Waals surface area contributed by atoms with Crippen molar-refractivity contribution in [2.75, 3.05) is 39.6 Å². The minimum Gasteiger partial charge on any atom is -0.462 e. The Labute approximate surface area is 561 Å². The van der Waals surface area contributed by atoms with Crippen LogP contribution in [0.1, 0.15) is 350 Å². The lowest BCUT2D eigenvalue weighted by atomic mass is 10.0. The number of carbonyl (C=O) groups excluding carboxylic acids is 4. The first-order valence-electron chi connectivity index (χ1n) is 37.3. The molecule has 0 aliphatic carbocycles. The third-order valence-electron chi connectivity index (χ3n) is 16.3. The highest BCUT2D eigenvalue weighted by Gasteiger charge is 2.30. The van der Waals surface area contributed by atoms with Gasteiger partial charge < -0.3 is 33.8 Å². The molecule has 3 N–H and O–H groups in total. The maximum Gasteiger partial charge on any atom is 0.472 e. The molecule has 542 valence electrons. The number of aliphatic hydroxyl groups is 1. The van der Waals surface area contributed by atoms with Crippen molar-refractivity contribution < 1.29 is 80.2 Å². The van der Waals surface area contributed by atoms with E-state index in [2.05, 4.69) is 65.8 Å². The van der Waals surface area contributed by atoms with Gasteiger partial charge in [-0.25, -0.2) is 9.13 Å². The molecule has 92 heavy (non-hydrogen) atoms. The van der Waals surface area contributed by atoms with E-state index in [1.165, 1.54) is 154 Å². The summed E-state index contributed by atoms with van der Waals surface area (Å²) in [6.45, 7) is 9.48. The maximum absolute atomic E-state index is 13.0. The second-order valence-electron chi connectivity index (χ2n) is 26.6. The SMILES string of the molecule is CCCCCC/C=C\C=C/CCCCCCCC(=O)O[C@H](COC(=O)CCCCCCCCCCCCCCC(C)C)COP(=O)(O)OC[C@@H](O)COP(=O)(O)OC[C@@H](COC(=O)CCCCCCCCCCCC)OC(=O)CCCCCCCCCCCC(C)C.